The zero-order valence-electron chi connectivity index (χ0n) is 11.5. The second-order valence-corrected chi connectivity index (χ2v) is 5.89. The summed E-state index contributed by atoms with van der Waals surface area (Å²) < 4.78 is 53.0. The van der Waals surface area contributed by atoms with Crippen LogP contribution in [0.25, 0.3) is 0 Å². The van der Waals surface area contributed by atoms with Crippen LogP contribution in [-0.4, -0.2) is 29.6 Å². The molecule has 0 aliphatic carbocycles. The van der Waals surface area contributed by atoms with Crippen LogP contribution in [0.2, 0.25) is 0 Å². The van der Waals surface area contributed by atoms with Gasteiger partial charge in [-0.1, -0.05) is 6.07 Å². The van der Waals surface area contributed by atoms with E-state index in [-0.39, 0.29) is 17.2 Å². The highest BCUT2D eigenvalue weighted by Crippen LogP contribution is 2.21. The van der Waals surface area contributed by atoms with Gasteiger partial charge in [-0.15, -0.1) is 0 Å². The molecule has 2 aromatic rings. The summed E-state index contributed by atoms with van der Waals surface area (Å²) in [6.07, 6.45) is -1.45. The predicted octanol–water partition coefficient (Wildman–Crippen LogP) is 1.95. The smallest absolute Gasteiger partial charge is 0.409 e. The monoisotopic (exact) mass is 344 g/mol. The molecule has 0 unspecified atom stereocenters. The minimum Gasteiger partial charge on any atom is -0.465 e. The maximum Gasteiger partial charge on any atom is 0.409 e. The Kier molecular flexibility index (Phi) is 4.40. The Bertz CT molecular complexity index is 873. The van der Waals surface area contributed by atoms with Crippen LogP contribution in [0.5, 0.6) is 0 Å². The number of amides is 1. The molecule has 3 N–H and O–H groups in total. The summed E-state index contributed by atoms with van der Waals surface area (Å²) >= 11 is 0. The number of halogens is 2. The van der Waals surface area contributed by atoms with Crippen LogP contribution in [-0.2, 0) is 10.0 Å². The number of pyridine rings is 2. The fourth-order valence-electron chi connectivity index (χ4n) is 1.64. The molecule has 0 fully saturated rings. The van der Waals surface area contributed by atoms with E-state index in [1.54, 1.807) is 0 Å². The van der Waals surface area contributed by atoms with E-state index in [9.17, 15) is 22.0 Å². The number of aromatic nitrogens is 2. The van der Waals surface area contributed by atoms with Gasteiger partial charge in [0.2, 0.25) is 11.0 Å². The molecule has 122 valence electrons. The van der Waals surface area contributed by atoms with Crippen LogP contribution < -0.4 is 10.0 Å². The molecule has 0 saturated carbocycles. The van der Waals surface area contributed by atoms with Gasteiger partial charge in [-0.25, -0.2) is 19.2 Å². The van der Waals surface area contributed by atoms with Crippen molar-refractivity contribution >= 4 is 27.6 Å². The van der Waals surface area contributed by atoms with Gasteiger partial charge < -0.3 is 5.11 Å². The summed E-state index contributed by atoms with van der Waals surface area (Å²) in [5.41, 5.74) is -0.251. The quantitative estimate of drug-likeness (QED) is 0.729. The average molecular weight is 344 g/mol. The van der Waals surface area contributed by atoms with Gasteiger partial charge in [-0.05, 0) is 19.1 Å². The highest BCUT2D eigenvalue weighted by molar-refractivity contribution is 7.92. The van der Waals surface area contributed by atoms with Crippen molar-refractivity contribution in [3.8, 4) is 0 Å². The standard InChI is InChI=1S/C12H10F2N4O4S/c1-6-8(16-12(19)20)5-7(13)11(15-6)23(21,22)18-10-4-2-3-9(14)17-10/h2-5,16H,1H3,(H,17,18)(H,19,20). The molecule has 0 saturated heterocycles. The Morgan fingerprint density at radius 1 is 1.26 bits per heavy atom. The van der Waals surface area contributed by atoms with Crippen LogP contribution >= 0.6 is 0 Å². The van der Waals surface area contributed by atoms with Crippen molar-refractivity contribution in [3.63, 3.8) is 0 Å². The molecule has 0 aliphatic heterocycles. The van der Waals surface area contributed by atoms with Crippen LogP contribution in [0.15, 0.2) is 29.3 Å². The fourth-order valence-corrected chi connectivity index (χ4v) is 2.70. The van der Waals surface area contributed by atoms with E-state index in [0.29, 0.717) is 6.07 Å². The molecule has 0 spiro atoms. The van der Waals surface area contributed by atoms with Crippen LogP contribution in [0, 0.1) is 18.7 Å². The van der Waals surface area contributed by atoms with Gasteiger partial charge in [-0.2, -0.15) is 12.8 Å². The van der Waals surface area contributed by atoms with Crippen molar-refractivity contribution in [1.29, 1.82) is 0 Å². The Morgan fingerprint density at radius 3 is 2.57 bits per heavy atom. The lowest BCUT2D eigenvalue weighted by molar-refractivity contribution is 0.209. The number of carbonyl (C=O) groups is 1. The summed E-state index contributed by atoms with van der Waals surface area (Å²) in [7, 11) is -4.47. The lowest BCUT2D eigenvalue weighted by Crippen LogP contribution is -2.19. The van der Waals surface area contributed by atoms with E-state index in [2.05, 4.69) is 9.97 Å². The SMILES string of the molecule is Cc1nc(S(=O)(=O)Nc2cccc(F)n2)c(F)cc1NC(=O)O. The molecule has 0 atom stereocenters. The first-order chi connectivity index (χ1) is 10.7. The molecule has 0 aromatic carbocycles. The van der Waals surface area contributed by atoms with Gasteiger partial charge in [0, 0.05) is 6.07 Å². The van der Waals surface area contributed by atoms with Crippen LogP contribution in [0.4, 0.5) is 25.1 Å². The fraction of sp³-hybridized carbons (Fsp3) is 0.0833. The maximum atomic E-state index is 13.9. The first-order valence-corrected chi connectivity index (χ1v) is 7.50. The molecule has 2 heterocycles. The zero-order valence-corrected chi connectivity index (χ0v) is 12.4. The molecule has 11 heteroatoms. The van der Waals surface area contributed by atoms with Gasteiger partial charge in [0.15, 0.2) is 5.82 Å². The van der Waals surface area contributed by atoms with Crippen molar-refractivity contribution in [2.24, 2.45) is 0 Å². The summed E-state index contributed by atoms with van der Waals surface area (Å²) in [5.74, 6) is -2.55. The summed E-state index contributed by atoms with van der Waals surface area (Å²) in [6.45, 7) is 1.30. The minimum absolute atomic E-state index is 0.0543. The molecule has 8 nitrogen and oxygen atoms in total. The number of sulfonamides is 1. The number of hydrogen-bond acceptors (Lipinski definition) is 5. The van der Waals surface area contributed by atoms with Crippen molar-refractivity contribution < 1.29 is 27.1 Å². The third-order valence-electron chi connectivity index (χ3n) is 2.58. The zero-order chi connectivity index (χ0) is 17.2. The van der Waals surface area contributed by atoms with Crippen LogP contribution in [0.1, 0.15) is 5.69 Å². The highest BCUT2D eigenvalue weighted by atomic mass is 32.2. The van der Waals surface area contributed by atoms with Crippen molar-refractivity contribution in [2.45, 2.75) is 11.9 Å². The molecular weight excluding hydrogens is 334 g/mol. The summed E-state index contributed by atoms with van der Waals surface area (Å²) in [4.78, 5) is 17.4. The largest absolute Gasteiger partial charge is 0.465 e. The van der Waals surface area contributed by atoms with Gasteiger partial charge in [0.05, 0.1) is 11.4 Å². The first-order valence-electron chi connectivity index (χ1n) is 6.01. The Morgan fingerprint density at radius 2 is 1.96 bits per heavy atom. The molecule has 0 aliphatic rings. The second kappa shape index (κ2) is 6.12. The first kappa shape index (κ1) is 16.5. The van der Waals surface area contributed by atoms with E-state index in [1.807, 2.05) is 10.0 Å². The topological polar surface area (TPSA) is 121 Å². The number of rotatable bonds is 4. The molecule has 2 aromatic heterocycles. The van der Waals surface area contributed by atoms with Crippen LogP contribution in [0.3, 0.4) is 0 Å². The highest BCUT2D eigenvalue weighted by Gasteiger charge is 2.24. The van der Waals surface area contributed by atoms with Gasteiger partial charge in [0.1, 0.15) is 5.82 Å². The number of aryl methyl sites for hydroxylation is 1. The maximum absolute atomic E-state index is 13.9. The molecule has 2 rings (SSSR count). The Labute approximate surface area is 129 Å². The lowest BCUT2D eigenvalue weighted by Gasteiger charge is -2.10. The molecular formula is C12H10F2N4O4S. The second-order valence-electron chi connectivity index (χ2n) is 4.29. The van der Waals surface area contributed by atoms with E-state index in [4.69, 9.17) is 5.11 Å². The van der Waals surface area contributed by atoms with E-state index in [0.717, 1.165) is 6.07 Å². The summed E-state index contributed by atoms with van der Waals surface area (Å²) in [6, 6.07) is 4.08. The number of hydrogen-bond donors (Lipinski definition) is 3. The molecule has 23 heavy (non-hydrogen) atoms. The van der Waals surface area contributed by atoms with Gasteiger partial charge in [0.25, 0.3) is 10.0 Å². The minimum atomic E-state index is -4.47. The molecule has 1 amide bonds. The third kappa shape index (κ3) is 3.88. The number of nitrogens with zero attached hydrogens (tertiary/aromatic N) is 2. The molecule has 0 bridgehead atoms. The summed E-state index contributed by atoms with van der Waals surface area (Å²) in [5, 5.41) is 9.52. The predicted molar refractivity (Wildman–Crippen MR) is 75.6 cm³/mol. The molecule has 0 radical (unpaired) electrons. The third-order valence-corrected chi connectivity index (χ3v) is 3.86. The number of anilines is 2. The van der Waals surface area contributed by atoms with Gasteiger partial charge >= 0.3 is 6.09 Å². The van der Waals surface area contributed by atoms with E-state index < -0.39 is 32.9 Å². The Hall–Kier alpha value is -2.82. The van der Waals surface area contributed by atoms with E-state index in [1.165, 1.54) is 19.1 Å². The van der Waals surface area contributed by atoms with Gasteiger partial charge in [-0.3, -0.25) is 10.0 Å². The lowest BCUT2D eigenvalue weighted by atomic mass is 10.3. The Balaban J connectivity index is 2.40. The average Bonchev–Trinajstić information content (AvgIpc) is 2.41. The van der Waals surface area contributed by atoms with Crippen molar-refractivity contribution in [1.82, 2.24) is 9.97 Å². The normalized spacial score (nSPS) is 11.1. The number of carboxylic acid groups (broad SMARTS) is 1. The van der Waals surface area contributed by atoms with Crippen molar-refractivity contribution in [3.05, 3.63) is 41.7 Å². The van der Waals surface area contributed by atoms with Crippen molar-refractivity contribution in [2.75, 3.05) is 10.0 Å². The van der Waals surface area contributed by atoms with E-state index >= 15 is 0 Å². The number of nitrogens with one attached hydrogen (secondary N) is 2.